The molecule has 0 bridgehead atoms. The van der Waals surface area contributed by atoms with E-state index in [2.05, 4.69) is 4.72 Å². The van der Waals surface area contributed by atoms with Crippen LogP contribution >= 0.6 is 22.9 Å². The van der Waals surface area contributed by atoms with Gasteiger partial charge in [-0.1, -0.05) is 31.9 Å². The molecular weight excluding hydrogens is 310 g/mol. The van der Waals surface area contributed by atoms with Crippen molar-refractivity contribution in [3.8, 4) is 0 Å². The summed E-state index contributed by atoms with van der Waals surface area (Å²) >= 11 is 6.75. The van der Waals surface area contributed by atoms with E-state index in [1.54, 1.807) is 20.8 Å². The highest BCUT2D eigenvalue weighted by atomic mass is 35.5. The predicted octanol–water partition coefficient (Wildman–Crippen LogP) is 2.49. The van der Waals surface area contributed by atoms with Gasteiger partial charge in [-0.25, -0.2) is 8.42 Å². The average molecular weight is 326 g/mol. The fourth-order valence-corrected chi connectivity index (χ4v) is 4.46. The fourth-order valence-electron chi connectivity index (χ4n) is 1.44. The quantitative estimate of drug-likeness (QED) is 0.841. The molecule has 0 fully saturated rings. The zero-order chi connectivity index (χ0) is 14.8. The summed E-state index contributed by atoms with van der Waals surface area (Å²) in [5.74, 6) is -1.49. The number of rotatable bonds is 6. The SMILES string of the molecule is CCC(C)[C@H](NS(=O)(=O)c1cc(C)c(Cl)s1)C(=O)O. The van der Waals surface area contributed by atoms with Crippen LogP contribution in [0.25, 0.3) is 0 Å². The number of carbonyl (C=O) groups is 1. The van der Waals surface area contributed by atoms with Gasteiger partial charge in [-0.15, -0.1) is 11.3 Å². The van der Waals surface area contributed by atoms with Gasteiger partial charge in [-0.05, 0) is 24.5 Å². The number of carboxylic acids is 1. The second-order valence-electron chi connectivity index (χ2n) is 4.34. The molecule has 0 spiro atoms. The second-order valence-corrected chi connectivity index (χ2v) is 7.94. The first-order valence-corrected chi connectivity index (χ1v) is 8.37. The maximum atomic E-state index is 12.1. The summed E-state index contributed by atoms with van der Waals surface area (Å²) < 4.78 is 26.9. The number of thiophene rings is 1. The minimum absolute atomic E-state index is 0.0320. The number of hydrogen-bond donors (Lipinski definition) is 2. The lowest BCUT2D eigenvalue weighted by molar-refractivity contribution is -0.140. The van der Waals surface area contributed by atoms with Crippen LogP contribution in [0.15, 0.2) is 10.3 Å². The average Bonchev–Trinajstić information content (AvgIpc) is 2.66. The highest BCUT2D eigenvalue weighted by Crippen LogP contribution is 2.30. The number of carboxylic acid groups (broad SMARTS) is 1. The van der Waals surface area contributed by atoms with Crippen LogP contribution in [0.2, 0.25) is 4.34 Å². The third-order valence-corrected chi connectivity index (χ3v) is 6.33. The first kappa shape index (κ1) is 16.4. The van der Waals surface area contributed by atoms with E-state index in [-0.39, 0.29) is 10.1 Å². The lowest BCUT2D eigenvalue weighted by Crippen LogP contribution is -2.44. The van der Waals surface area contributed by atoms with E-state index in [9.17, 15) is 13.2 Å². The van der Waals surface area contributed by atoms with Crippen LogP contribution in [0, 0.1) is 12.8 Å². The molecule has 5 nitrogen and oxygen atoms in total. The van der Waals surface area contributed by atoms with Crippen LogP contribution in [0.3, 0.4) is 0 Å². The highest BCUT2D eigenvalue weighted by Gasteiger charge is 2.30. The van der Waals surface area contributed by atoms with Crippen molar-refractivity contribution < 1.29 is 18.3 Å². The van der Waals surface area contributed by atoms with Gasteiger partial charge in [-0.2, -0.15) is 4.72 Å². The zero-order valence-corrected chi connectivity index (χ0v) is 13.2. The number of aryl methyl sites for hydroxylation is 1. The predicted molar refractivity (Wildman–Crippen MR) is 75.3 cm³/mol. The Labute approximate surface area is 121 Å². The Hall–Kier alpha value is -0.630. The summed E-state index contributed by atoms with van der Waals surface area (Å²) in [6.07, 6.45) is 0.559. The smallest absolute Gasteiger partial charge is 0.322 e. The van der Waals surface area contributed by atoms with Crippen LogP contribution < -0.4 is 4.72 Å². The van der Waals surface area contributed by atoms with Gasteiger partial charge < -0.3 is 5.11 Å². The molecule has 2 atom stereocenters. The second kappa shape index (κ2) is 6.21. The number of sulfonamides is 1. The molecular formula is C11H16ClNO4S2. The van der Waals surface area contributed by atoms with Crippen molar-refractivity contribution in [3.63, 3.8) is 0 Å². The molecule has 0 saturated carbocycles. The summed E-state index contributed by atoms with van der Waals surface area (Å²) in [4.78, 5) is 11.1. The van der Waals surface area contributed by atoms with Crippen LogP contribution in [0.4, 0.5) is 0 Å². The van der Waals surface area contributed by atoms with E-state index < -0.39 is 22.0 Å². The van der Waals surface area contributed by atoms with Gasteiger partial charge >= 0.3 is 5.97 Å². The zero-order valence-electron chi connectivity index (χ0n) is 10.8. The maximum absolute atomic E-state index is 12.1. The molecule has 0 amide bonds. The van der Waals surface area contributed by atoms with E-state index >= 15 is 0 Å². The van der Waals surface area contributed by atoms with Crippen LogP contribution in [0.1, 0.15) is 25.8 Å². The Kier molecular flexibility index (Phi) is 5.37. The van der Waals surface area contributed by atoms with E-state index in [1.165, 1.54) is 6.07 Å². The molecule has 1 heterocycles. The van der Waals surface area contributed by atoms with E-state index in [4.69, 9.17) is 16.7 Å². The summed E-state index contributed by atoms with van der Waals surface area (Å²) in [5.41, 5.74) is 0.655. The molecule has 19 heavy (non-hydrogen) atoms. The first-order valence-electron chi connectivity index (χ1n) is 5.70. The summed E-state index contributed by atoms with van der Waals surface area (Å²) in [7, 11) is -3.86. The molecule has 1 aromatic rings. The lowest BCUT2D eigenvalue weighted by Gasteiger charge is -2.19. The van der Waals surface area contributed by atoms with Crippen molar-refractivity contribution in [1.82, 2.24) is 4.72 Å². The van der Waals surface area contributed by atoms with E-state index in [1.807, 2.05) is 0 Å². The van der Waals surface area contributed by atoms with Crippen LogP contribution in [-0.2, 0) is 14.8 Å². The molecule has 1 rings (SSSR count). The van der Waals surface area contributed by atoms with Gasteiger partial charge in [0.25, 0.3) is 10.0 Å². The Bertz CT molecular complexity index is 548. The van der Waals surface area contributed by atoms with Gasteiger partial charge in [-0.3, -0.25) is 4.79 Å². The van der Waals surface area contributed by atoms with Gasteiger partial charge in [0.15, 0.2) is 0 Å². The molecule has 108 valence electrons. The molecule has 0 radical (unpaired) electrons. The van der Waals surface area contributed by atoms with Crippen molar-refractivity contribution >= 4 is 38.9 Å². The highest BCUT2D eigenvalue weighted by molar-refractivity contribution is 7.91. The van der Waals surface area contributed by atoms with Gasteiger partial charge in [0, 0.05) is 0 Å². The summed E-state index contributed by atoms with van der Waals surface area (Å²) in [5, 5.41) is 9.10. The summed E-state index contributed by atoms with van der Waals surface area (Å²) in [6.45, 7) is 5.19. The van der Waals surface area contributed by atoms with Gasteiger partial charge in [0.2, 0.25) is 0 Å². The molecule has 0 aliphatic carbocycles. The van der Waals surface area contributed by atoms with Crippen molar-refractivity contribution in [1.29, 1.82) is 0 Å². The molecule has 2 N–H and O–H groups in total. The van der Waals surface area contributed by atoms with Crippen molar-refractivity contribution in [3.05, 3.63) is 16.0 Å². The molecule has 0 saturated heterocycles. The van der Waals surface area contributed by atoms with Crippen molar-refractivity contribution in [2.45, 2.75) is 37.4 Å². The molecule has 0 aromatic carbocycles. The van der Waals surface area contributed by atoms with E-state index in [0.717, 1.165) is 11.3 Å². The van der Waals surface area contributed by atoms with Crippen molar-refractivity contribution in [2.24, 2.45) is 5.92 Å². The fraction of sp³-hybridized carbons (Fsp3) is 0.545. The standard InChI is InChI=1S/C11H16ClNO4S2/c1-4-6(2)9(11(14)15)13-19(16,17)8-5-7(3)10(12)18-8/h5-6,9,13H,4H2,1-3H3,(H,14,15)/t6?,9-/m0/s1. The molecule has 0 aliphatic rings. The third kappa shape index (κ3) is 3.92. The number of aliphatic carboxylic acids is 1. The minimum Gasteiger partial charge on any atom is -0.480 e. The lowest BCUT2D eigenvalue weighted by atomic mass is 10.0. The maximum Gasteiger partial charge on any atom is 0.322 e. The van der Waals surface area contributed by atoms with Crippen molar-refractivity contribution in [2.75, 3.05) is 0 Å². The minimum atomic E-state index is -3.86. The van der Waals surface area contributed by atoms with Gasteiger partial charge in [0.05, 0.1) is 4.34 Å². The Morgan fingerprint density at radius 3 is 2.53 bits per heavy atom. The molecule has 8 heteroatoms. The number of hydrogen-bond acceptors (Lipinski definition) is 4. The number of nitrogens with one attached hydrogen (secondary N) is 1. The van der Waals surface area contributed by atoms with Crippen LogP contribution in [-0.4, -0.2) is 25.5 Å². The normalized spacial score (nSPS) is 15.2. The Morgan fingerprint density at radius 1 is 1.58 bits per heavy atom. The van der Waals surface area contributed by atoms with Crippen LogP contribution in [0.5, 0.6) is 0 Å². The topological polar surface area (TPSA) is 83.5 Å². The van der Waals surface area contributed by atoms with Gasteiger partial charge in [0.1, 0.15) is 10.3 Å². The molecule has 1 unspecified atom stereocenters. The monoisotopic (exact) mass is 325 g/mol. The molecule has 1 aromatic heterocycles. The Balaban J connectivity index is 3.04. The van der Waals surface area contributed by atoms with E-state index in [0.29, 0.717) is 16.3 Å². The summed E-state index contributed by atoms with van der Waals surface area (Å²) in [6, 6.07) is 0.293. The number of halogens is 1. The largest absolute Gasteiger partial charge is 0.480 e. The Morgan fingerprint density at radius 2 is 2.16 bits per heavy atom. The first-order chi connectivity index (χ1) is 8.69. The third-order valence-electron chi connectivity index (χ3n) is 2.86. The molecule has 0 aliphatic heterocycles.